The van der Waals surface area contributed by atoms with Crippen molar-refractivity contribution < 1.29 is 9.53 Å². The van der Waals surface area contributed by atoms with Crippen molar-refractivity contribution in [2.24, 2.45) is 5.92 Å². The molecule has 0 saturated carbocycles. The fourth-order valence-electron chi connectivity index (χ4n) is 2.58. The number of carbonyl (C=O) groups excluding carboxylic acids is 1. The molecule has 4 heteroatoms. The Labute approximate surface area is 119 Å². The predicted molar refractivity (Wildman–Crippen MR) is 76.4 cm³/mol. The summed E-state index contributed by atoms with van der Waals surface area (Å²) < 4.78 is 5.22. The van der Waals surface area contributed by atoms with Crippen molar-refractivity contribution in [3.63, 3.8) is 0 Å². The minimum absolute atomic E-state index is 0.0581. The highest BCUT2D eigenvalue weighted by molar-refractivity contribution is 5.85. The van der Waals surface area contributed by atoms with E-state index in [2.05, 4.69) is 11.4 Å². The maximum atomic E-state index is 12.4. The summed E-state index contributed by atoms with van der Waals surface area (Å²) >= 11 is 0. The van der Waals surface area contributed by atoms with Gasteiger partial charge < -0.3 is 10.1 Å². The molecule has 0 radical (unpaired) electrons. The van der Waals surface area contributed by atoms with Crippen molar-refractivity contribution >= 4 is 5.91 Å². The number of ether oxygens (including phenoxy) is 1. The van der Waals surface area contributed by atoms with E-state index < -0.39 is 6.04 Å². The lowest BCUT2D eigenvalue weighted by atomic mass is 9.98. The highest BCUT2D eigenvalue weighted by Gasteiger charge is 2.30. The summed E-state index contributed by atoms with van der Waals surface area (Å²) in [6.07, 6.45) is 1.70. The van der Waals surface area contributed by atoms with Crippen LogP contribution in [0.15, 0.2) is 18.2 Å². The molecule has 0 bridgehead atoms. The van der Waals surface area contributed by atoms with Crippen molar-refractivity contribution in [1.29, 1.82) is 5.26 Å². The number of hydrogen-bond donors (Lipinski definition) is 1. The van der Waals surface area contributed by atoms with Crippen LogP contribution >= 0.6 is 0 Å². The van der Waals surface area contributed by atoms with Gasteiger partial charge in [-0.3, -0.25) is 4.79 Å². The summed E-state index contributed by atoms with van der Waals surface area (Å²) in [6.45, 7) is 3.86. The topological polar surface area (TPSA) is 62.1 Å². The highest BCUT2D eigenvalue weighted by atomic mass is 16.5. The largest absolute Gasteiger partial charge is 0.497 e. The van der Waals surface area contributed by atoms with E-state index in [0.29, 0.717) is 0 Å². The lowest BCUT2D eigenvalue weighted by Crippen LogP contribution is -2.39. The molecule has 1 N–H and O–H groups in total. The number of carbonyl (C=O) groups is 1. The molecule has 2 rings (SSSR count). The molecule has 0 heterocycles. The van der Waals surface area contributed by atoms with E-state index in [1.807, 2.05) is 32.0 Å². The van der Waals surface area contributed by atoms with Crippen LogP contribution in [0.2, 0.25) is 0 Å². The van der Waals surface area contributed by atoms with Crippen LogP contribution in [0, 0.1) is 17.2 Å². The molecule has 1 aromatic rings. The number of rotatable bonds is 4. The van der Waals surface area contributed by atoms with E-state index in [9.17, 15) is 4.79 Å². The first-order valence-electron chi connectivity index (χ1n) is 6.93. The maximum Gasteiger partial charge on any atom is 0.228 e. The van der Waals surface area contributed by atoms with E-state index in [-0.39, 0.29) is 17.7 Å². The van der Waals surface area contributed by atoms with Crippen molar-refractivity contribution in [2.75, 3.05) is 7.11 Å². The van der Waals surface area contributed by atoms with Gasteiger partial charge in [0.1, 0.15) is 11.8 Å². The Morgan fingerprint density at radius 1 is 1.50 bits per heavy atom. The van der Waals surface area contributed by atoms with E-state index >= 15 is 0 Å². The monoisotopic (exact) mass is 272 g/mol. The predicted octanol–water partition coefficient (Wildman–Crippen LogP) is 2.39. The Hall–Kier alpha value is -2.02. The second-order valence-electron chi connectivity index (χ2n) is 5.52. The lowest BCUT2D eigenvalue weighted by Gasteiger charge is -2.18. The zero-order valence-corrected chi connectivity index (χ0v) is 12.1. The summed E-state index contributed by atoms with van der Waals surface area (Å²) in [5.41, 5.74) is 2.23. The Morgan fingerprint density at radius 2 is 2.25 bits per heavy atom. The summed E-state index contributed by atoms with van der Waals surface area (Å²) in [5, 5.41) is 11.9. The van der Waals surface area contributed by atoms with Crippen LogP contribution in [0.3, 0.4) is 0 Å². The molecule has 0 spiro atoms. The first kappa shape index (κ1) is 14.4. The molecule has 1 amide bonds. The van der Waals surface area contributed by atoms with Gasteiger partial charge in [0.15, 0.2) is 0 Å². The smallest absolute Gasteiger partial charge is 0.228 e. The average molecular weight is 272 g/mol. The normalized spacial score (nSPS) is 18.2. The summed E-state index contributed by atoms with van der Waals surface area (Å²) in [6, 6.07) is 7.59. The fraction of sp³-hybridized carbons (Fsp3) is 0.500. The number of fused-ring (bicyclic) bond motifs is 1. The number of benzene rings is 1. The zero-order valence-electron chi connectivity index (χ0n) is 12.1. The van der Waals surface area contributed by atoms with Gasteiger partial charge >= 0.3 is 0 Å². The van der Waals surface area contributed by atoms with Crippen LogP contribution in [0.1, 0.15) is 37.3 Å². The van der Waals surface area contributed by atoms with E-state index in [0.717, 1.165) is 24.2 Å². The minimum Gasteiger partial charge on any atom is -0.497 e. The second-order valence-corrected chi connectivity index (χ2v) is 5.52. The molecule has 0 aromatic heterocycles. The average Bonchev–Trinajstić information content (AvgIpc) is 2.86. The Morgan fingerprint density at radius 3 is 2.85 bits per heavy atom. The molecule has 0 aliphatic heterocycles. The van der Waals surface area contributed by atoms with Gasteiger partial charge in [-0.05, 0) is 42.0 Å². The molecule has 4 nitrogen and oxygen atoms in total. The van der Waals surface area contributed by atoms with Gasteiger partial charge in [-0.1, -0.05) is 19.9 Å². The van der Waals surface area contributed by atoms with E-state index in [4.69, 9.17) is 10.00 Å². The number of nitrogens with zero attached hydrogens (tertiary/aromatic N) is 1. The summed E-state index contributed by atoms with van der Waals surface area (Å²) in [5.74, 6) is 0.645. The molecular formula is C16H20N2O2. The number of methoxy groups -OCH3 is 1. The number of nitrogens with one attached hydrogen (secondary N) is 1. The van der Waals surface area contributed by atoms with Gasteiger partial charge in [0.2, 0.25) is 5.91 Å². The number of aryl methyl sites for hydroxylation is 1. The van der Waals surface area contributed by atoms with Crippen molar-refractivity contribution in [1.82, 2.24) is 5.32 Å². The number of hydrogen-bond acceptors (Lipinski definition) is 3. The second kappa shape index (κ2) is 5.96. The van der Waals surface area contributed by atoms with Gasteiger partial charge in [0, 0.05) is 0 Å². The quantitative estimate of drug-likeness (QED) is 0.915. The molecule has 0 fully saturated rings. The van der Waals surface area contributed by atoms with Crippen LogP contribution in [-0.4, -0.2) is 19.1 Å². The van der Waals surface area contributed by atoms with Gasteiger partial charge in [-0.25, -0.2) is 0 Å². The van der Waals surface area contributed by atoms with Gasteiger partial charge in [-0.15, -0.1) is 0 Å². The van der Waals surface area contributed by atoms with Crippen molar-refractivity contribution in [3.8, 4) is 11.8 Å². The number of amides is 1. The molecule has 2 atom stereocenters. The van der Waals surface area contributed by atoms with Crippen LogP contribution in [0.25, 0.3) is 0 Å². The minimum atomic E-state index is -0.433. The van der Waals surface area contributed by atoms with Crippen LogP contribution in [0.5, 0.6) is 5.75 Å². The third-order valence-electron chi connectivity index (χ3n) is 3.85. The third-order valence-corrected chi connectivity index (χ3v) is 3.85. The van der Waals surface area contributed by atoms with Crippen LogP contribution in [0.4, 0.5) is 0 Å². The Bertz CT molecular complexity index is 546. The molecule has 1 aromatic carbocycles. The fourth-order valence-corrected chi connectivity index (χ4v) is 2.58. The first-order valence-corrected chi connectivity index (χ1v) is 6.93. The lowest BCUT2D eigenvalue weighted by molar-refractivity contribution is -0.123. The number of nitriles is 1. The standard InChI is InChI=1S/C16H20N2O2/c1-10(2)15(9-17)18-16(19)13-7-5-11-4-6-12(20-3)8-14(11)13/h4,6,8,10,13,15H,5,7H2,1-3H3,(H,18,19)/t13?,15-/m0/s1. The van der Waals surface area contributed by atoms with Crippen LogP contribution < -0.4 is 10.1 Å². The summed E-state index contributed by atoms with van der Waals surface area (Å²) in [4.78, 5) is 12.4. The third kappa shape index (κ3) is 2.77. The Balaban J connectivity index is 2.17. The maximum absolute atomic E-state index is 12.4. The van der Waals surface area contributed by atoms with Crippen molar-refractivity contribution in [2.45, 2.75) is 38.6 Å². The first-order chi connectivity index (χ1) is 9.56. The van der Waals surface area contributed by atoms with Gasteiger partial charge in [-0.2, -0.15) is 5.26 Å². The Kier molecular flexibility index (Phi) is 4.29. The molecule has 106 valence electrons. The SMILES string of the molecule is COc1ccc2c(c1)C(C(=O)N[C@@H](C#N)C(C)C)CC2. The summed E-state index contributed by atoms with van der Waals surface area (Å²) in [7, 11) is 1.62. The van der Waals surface area contributed by atoms with Crippen LogP contribution in [-0.2, 0) is 11.2 Å². The molecule has 1 aliphatic carbocycles. The highest BCUT2D eigenvalue weighted by Crippen LogP contribution is 2.35. The van der Waals surface area contributed by atoms with Gasteiger partial charge in [0.25, 0.3) is 0 Å². The van der Waals surface area contributed by atoms with Gasteiger partial charge in [0.05, 0.1) is 19.1 Å². The molecule has 1 aliphatic rings. The van der Waals surface area contributed by atoms with E-state index in [1.165, 1.54) is 5.56 Å². The molecule has 0 saturated heterocycles. The van der Waals surface area contributed by atoms with Crippen molar-refractivity contribution in [3.05, 3.63) is 29.3 Å². The molecule has 1 unspecified atom stereocenters. The van der Waals surface area contributed by atoms with E-state index in [1.54, 1.807) is 7.11 Å². The molecule has 20 heavy (non-hydrogen) atoms. The molecular weight excluding hydrogens is 252 g/mol. The zero-order chi connectivity index (χ0) is 14.7.